The normalized spacial score (nSPS) is 13.7. The molecule has 3 rings (SSSR count). The van der Waals surface area contributed by atoms with E-state index in [1.54, 1.807) is 18.2 Å². The van der Waals surface area contributed by atoms with Gasteiger partial charge in [0.15, 0.2) is 5.78 Å². The molecule has 1 heterocycles. The number of phenols is 1. The van der Waals surface area contributed by atoms with Crippen LogP contribution in [0, 0.1) is 0 Å². The molecular formula is C17H15NO2. The van der Waals surface area contributed by atoms with Crippen molar-refractivity contribution < 1.29 is 9.90 Å². The number of para-hydroxylation sites is 2. The average Bonchev–Trinajstić information content (AvgIpc) is 3.30. The molecule has 0 aromatic heterocycles. The number of hydrogen-bond donors (Lipinski definition) is 1. The van der Waals surface area contributed by atoms with Gasteiger partial charge in [-0.2, -0.15) is 0 Å². The Hall–Kier alpha value is -2.55. The summed E-state index contributed by atoms with van der Waals surface area (Å²) in [6.07, 6.45) is 3.32. The summed E-state index contributed by atoms with van der Waals surface area (Å²) in [5, 5.41) is 9.67. The first-order valence-electron chi connectivity index (χ1n) is 6.60. The van der Waals surface area contributed by atoms with Crippen LogP contribution in [0.5, 0.6) is 5.75 Å². The number of anilines is 1. The number of hydrogen-bond acceptors (Lipinski definition) is 3. The number of aromatic hydroxyl groups is 1. The fourth-order valence-corrected chi connectivity index (χ4v) is 2.14. The molecule has 0 amide bonds. The van der Waals surface area contributed by atoms with Crippen LogP contribution >= 0.6 is 0 Å². The summed E-state index contributed by atoms with van der Waals surface area (Å²) in [5.74, 6) is -0.176. The van der Waals surface area contributed by atoms with Gasteiger partial charge in [0.2, 0.25) is 0 Å². The van der Waals surface area contributed by atoms with E-state index in [2.05, 4.69) is 11.0 Å². The second kappa shape index (κ2) is 5.21. The number of carbonyl (C=O) groups excluding carboxylic acids is 1. The third-order valence-corrected chi connectivity index (χ3v) is 3.31. The van der Waals surface area contributed by atoms with Gasteiger partial charge < -0.3 is 10.0 Å². The predicted octanol–water partition coefficient (Wildman–Crippen LogP) is 3.11. The summed E-state index contributed by atoms with van der Waals surface area (Å²) in [6, 6.07) is 14.6. The van der Waals surface area contributed by atoms with Gasteiger partial charge in [0.1, 0.15) is 5.75 Å². The van der Waals surface area contributed by atoms with Crippen LogP contribution in [0.4, 0.5) is 5.69 Å². The Morgan fingerprint density at radius 1 is 1.05 bits per heavy atom. The van der Waals surface area contributed by atoms with Crippen LogP contribution in [0.25, 0.3) is 6.08 Å². The highest BCUT2D eigenvalue weighted by molar-refractivity contribution is 6.08. The van der Waals surface area contributed by atoms with Crippen molar-refractivity contribution in [3.8, 4) is 5.75 Å². The lowest BCUT2D eigenvalue weighted by molar-refractivity contribution is 0.104. The predicted molar refractivity (Wildman–Crippen MR) is 80.1 cm³/mol. The molecule has 3 heteroatoms. The minimum atomic E-state index is -0.191. The van der Waals surface area contributed by atoms with Gasteiger partial charge in [0.25, 0.3) is 0 Å². The van der Waals surface area contributed by atoms with Crippen molar-refractivity contribution >= 4 is 17.5 Å². The van der Waals surface area contributed by atoms with Crippen molar-refractivity contribution in [2.45, 2.75) is 0 Å². The van der Waals surface area contributed by atoms with Crippen molar-refractivity contribution in [3.05, 3.63) is 65.7 Å². The molecule has 0 radical (unpaired) electrons. The number of carbonyl (C=O) groups is 1. The Bertz CT molecular complexity index is 672. The molecule has 2 aromatic rings. The Labute approximate surface area is 117 Å². The minimum Gasteiger partial charge on any atom is -0.507 e. The molecule has 0 saturated carbocycles. The van der Waals surface area contributed by atoms with Crippen molar-refractivity contribution in [3.63, 3.8) is 0 Å². The lowest BCUT2D eigenvalue weighted by atomic mass is 10.1. The van der Waals surface area contributed by atoms with Crippen LogP contribution in [-0.2, 0) is 0 Å². The average molecular weight is 265 g/mol. The van der Waals surface area contributed by atoms with E-state index in [0.29, 0.717) is 5.56 Å². The highest BCUT2D eigenvalue weighted by Gasteiger charge is 2.19. The van der Waals surface area contributed by atoms with Crippen LogP contribution in [-0.4, -0.2) is 24.0 Å². The van der Waals surface area contributed by atoms with Gasteiger partial charge in [-0.3, -0.25) is 4.79 Å². The summed E-state index contributed by atoms with van der Waals surface area (Å²) in [6.45, 7) is 2.14. The quantitative estimate of drug-likeness (QED) is 0.524. The fraction of sp³-hybridized carbons (Fsp3) is 0.118. The molecule has 2 aromatic carbocycles. The van der Waals surface area contributed by atoms with E-state index in [0.717, 1.165) is 24.3 Å². The van der Waals surface area contributed by atoms with Crippen molar-refractivity contribution in [2.24, 2.45) is 0 Å². The van der Waals surface area contributed by atoms with E-state index in [-0.39, 0.29) is 11.5 Å². The molecule has 1 fully saturated rings. The van der Waals surface area contributed by atoms with Gasteiger partial charge in [-0.05, 0) is 35.9 Å². The third-order valence-electron chi connectivity index (χ3n) is 3.31. The minimum absolute atomic E-state index is 0.0152. The van der Waals surface area contributed by atoms with Crippen LogP contribution in [0.3, 0.4) is 0 Å². The lowest BCUT2D eigenvalue weighted by Crippen LogP contribution is -1.96. The first-order chi connectivity index (χ1) is 9.75. The first kappa shape index (κ1) is 12.5. The number of rotatable bonds is 4. The van der Waals surface area contributed by atoms with Gasteiger partial charge in [0.05, 0.1) is 5.56 Å². The summed E-state index contributed by atoms with van der Waals surface area (Å²) < 4.78 is 0. The summed E-state index contributed by atoms with van der Waals surface area (Å²) in [7, 11) is 0. The molecule has 0 unspecified atom stereocenters. The van der Waals surface area contributed by atoms with Crippen LogP contribution < -0.4 is 4.90 Å². The standard InChI is InChI=1S/C17H15NO2/c19-16-8-4-2-6-14(16)17(20)10-9-13-5-1-3-7-15(13)18-11-12-18/h1-10,19H,11-12H2. The number of allylic oxidation sites excluding steroid dienone is 1. The Balaban J connectivity index is 1.84. The fourth-order valence-electron chi connectivity index (χ4n) is 2.14. The van der Waals surface area contributed by atoms with Crippen molar-refractivity contribution in [1.82, 2.24) is 0 Å². The number of phenolic OH excluding ortho intramolecular Hbond substituents is 1. The molecule has 1 aliphatic rings. The molecule has 3 nitrogen and oxygen atoms in total. The summed E-state index contributed by atoms with van der Waals surface area (Å²) in [4.78, 5) is 14.3. The zero-order valence-electron chi connectivity index (χ0n) is 11.0. The maximum atomic E-state index is 12.1. The monoisotopic (exact) mass is 265 g/mol. The second-order valence-corrected chi connectivity index (χ2v) is 4.76. The van der Waals surface area contributed by atoms with E-state index in [4.69, 9.17) is 0 Å². The first-order valence-corrected chi connectivity index (χ1v) is 6.60. The zero-order chi connectivity index (χ0) is 13.9. The number of nitrogens with zero attached hydrogens (tertiary/aromatic N) is 1. The largest absolute Gasteiger partial charge is 0.507 e. The van der Waals surface area contributed by atoms with Gasteiger partial charge in [-0.1, -0.05) is 30.3 Å². The van der Waals surface area contributed by atoms with E-state index in [1.807, 2.05) is 24.3 Å². The van der Waals surface area contributed by atoms with Crippen LogP contribution in [0.2, 0.25) is 0 Å². The van der Waals surface area contributed by atoms with Gasteiger partial charge in [-0.15, -0.1) is 0 Å². The number of benzene rings is 2. The maximum absolute atomic E-state index is 12.1. The van der Waals surface area contributed by atoms with E-state index in [1.165, 1.54) is 12.1 Å². The molecule has 1 aliphatic heterocycles. The molecule has 0 atom stereocenters. The van der Waals surface area contributed by atoms with E-state index < -0.39 is 0 Å². The third kappa shape index (κ3) is 2.57. The lowest BCUT2D eigenvalue weighted by Gasteiger charge is -2.06. The Morgan fingerprint density at radius 2 is 1.75 bits per heavy atom. The molecule has 0 aliphatic carbocycles. The summed E-state index contributed by atoms with van der Waals surface area (Å²) in [5.41, 5.74) is 2.50. The van der Waals surface area contributed by atoms with Crippen molar-refractivity contribution in [1.29, 1.82) is 0 Å². The maximum Gasteiger partial charge on any atom is 0.189 e. The second-order valence-electron chi connectivity index (χ2n) is 4.76. The molecular weight excluding hydrogens is 250 g/mol. The Morgan fingerprint density at radius 3 is 2.50 bits per heavy atom. The number of ketones is 1. The molecule has 1 N–H and O–H groups in total. The van der Waals surface area contributed by atoms with E-state index in [9.17, 15) is 9.90 Å². The van der Waals surface area contributed by atoms with E-state index >= 15 is 0 Å². The highest BCUT2D eigenvalue weighted by Crippen LogP contribution is 2.27. The molecule has 0 spiro atoms. The van der Waals surface area contributed by atoms with Gasteiger partial charge in [0, 0.05) is 18.8 Å². The smallest absolute Gasteiger partial charge is 0.189 e. The SMILES string of the molecule is O=C(C=Cc1ccccc1N1CC1)c1ccccc1O. The summed E-state index contributed by atoms with van der Waals surface area (Å²) >= 11 is 0. The van der Waals surface area contributed by atoms with Gasteiger partial charge >= 0.3 is 0 Å². The Kier molecular flexibility index (Phi) is 3.25. The molecule has 0 bridgehead atoms. The van der Waals surface area contributed by atoms with Gasteiger partial charge in [-0.25, -0.2) is 0 Å². The highest BCUT2D eigenvalue weighted by atomic mass is 16.3. The zero-order valence-corrected chi connectivity index (χ0v) is 11.0. The van der Waals surface area contributed by atoms with Crippen LogP contribution in [0.1, 0.15) is 15.9 Å². The topological polar surface area (TPSA) is 40.3 Å². The molecule has 100 valence electrons. The molecule has 1 saturated heterocycles. The van der Waals surface area contributed by atoms with Crippen LogP contribution in [0.15, 0.2) is 54.6 Å². The van der Waals surface area contributed by atoms with Crippen molar-refractivity contribution in [2.75, 3.05) is 18.0 Å². The molecule has 20 heavy (non-hydrogen) atoms.